The smallest absolute Gasteiger partial charge is 0.234 e. The molecule has 2 aromatic rings. The Morgan fingerprint density at radius 2 is 2.33 bits per heavy atom. The van der Waals surface area contributed by atoms with Crippen molar-refractivity contribution in [1.82, 2.24) is 15.5 Å². The van der Waals surface area contributed by atoms with E-state index in [9.17, 15) is 0 Å². The summed E-state index contributed by atoms with van der Waals surface area (Å²) in [6.07, 6.45) is 3.92. The van der Waals surface area contributed by atoms with E-state index < -0.39 is 0 Å². The molecule has 1 N–H and O–H groups in total. The Morgan fingerprint density at radius 3 is 3.05 bits per heavy atom. The van der Waals surface area contributed by atoms with E-state index in [4.69, 9.17) is 16.1 Å². The fourth-order valence-electron chi connectivity index (χ4n) is 3.10. The molecule has 112 valence electrons. The Hall–Kier alpha value is -1.39. The molecule has 1 unspecified atom stereocenters. The zero-order valence-electron chi connectivity index (χ0n) is 12.2. The van der Waals surface area contributed by atoms with Crippen LogP contribution in [0.2, 0.25) is 5.02 Å². The first kappa shape index (κ1) is 14.5. The van der Waals surface area contributed by atoms with Crippen molar-refractivity contribution in [3.63, 3.8) is 0 Å². The molecule has 0 bridgehead atoms. The lowest BCUT2D eigenvalue weighted by Crippen LogP contribution is -2.29. The molecule has 21 heavy (non-hydrogen) atoms. The molecule has 0 radical (unpaired) electrons. The number of rotatable bonds is 5. The maximum absolute atomic E-state index is 6.01. The van der Waals surface area contributed by atoms with Crippen molar-refractivity contribution in [2.45, 2.75) is 38.0 Å². The molecule has 0 aliphatic carbocycles. The van der Waals surface area contributed by atoms with Crippen LogP contribution < -0.4 is 5.32 Å². The summed E-state index contributed by atoms with van der Waals surface area (Å²) in [6, 6.07) is 7.78. The summed E-state index contributed by atoms with van der Waals surface area (Å²) in [7, 11) is 0. The average molecular weight is 306 g/mol. The van der Waals surface area contributed by atoms with Gasteiger partial charge in [-0.2, -0.15) is 4.98 Å². The molecule has 3 rings (SSSR count). The Morgan fingerprint density at radius 1 is 1.43 bits per heavy atom. The molecule has 4 nitrogen and oxygen atoms in total. The van der Waals surface area contributed by atoms with Gasteiger partial charge in [0.05, 0.1) is 5.41 Å². The number of hydrogen-bond donors (Lipinski definition) is 1. The first-order valence-electron chi connectivity index (χ1n) is 7.50. The maximum atomic E-state index is 6.01. The van der Waals surface area contributed by atoms with Crippen molar-refractivity contribution in [3.05, 3.63) is 46.6 Å². The van der Waals surface area contributed by atoms with E-state index in [2.05, 4.69) is 22.4 Å². The standard InChI is InChI=1S/C16H20ClN3O/c1-2-6-16(7-8-18-11-16)15-19-14(20-21-15)10-12-4-3-5-13(17)9-12/h3-5,9,18H,2,6-8,10-11H2,1H3. The lowest BCUT2D eigenvalue weighted by Gasteiger charge is -2.22. The molecule has 1 aliphatic heterocycles. The van der Waals surface area contributed by atoms with Crippen LogP contribution in [0.15, 0.2) is 28.8 Å². The summed E-state index contributed by atoms with van der Waals surface area (Å²) >= 11 is 6.01. The summed E-state index contributed by atoms with van der Waals surface area (Å²) in [6.45, 7) is 4.15. The van der Waals surface area contributed by atoms with Gasteiger partial charge in [0, 0.05) is 18.0 Å². The van der Waals surface area contributed by atoms with Crippen LogP contribution in [0, 0.1) is 0 Å². The Balaban J connectivity index is 1.79. The molecule has 1 fully saturated rings. The van der Waals surface area contributed by atoms with Gasteiger partial charge in [-0.15, -0.1) is 0 Å². The largest absolute Gasteiger partial charge is 0.339 e. The molecule has 1 aromatic carbocycles. The molecule has 0 spiro atoms. The first-order valence-corrected chi connectivity index (χ1v) is 7.88. The van der Waals surface area contributed by atoms with E-state index in [-0.39, 0.29) is 5.41 Å². The normalized spacial score (nSPS) is 21.8. The van der Waals surface area contributed by atoms with Crippen molar-refractivity contribution in [2.75, 3.05) is 13.1 Å². The van der Waals surface area contributed by atoms with Gasteiger partial charge in [0.2, 0.25) is 5.89 Å². The maximum Gasteiger partial charge on any atom is 0.234 e. The third-order valence-electron chi connectivity index (χ3n) is 4.15. The predicted molar refractivity (Wildman–Crippen MR) is 82.6 cm³/mol. The summed E-state index contributed by atoms with van der Waals surface area (Å²) in [5.41, 5.74) is 1.12. The van der Waals surface area contributed by atoms with Crippen molar-refractivity contribution in [1.29, 1.82) is 0 Å². The van der Waals surface area contributed by atoms with Crippen molar-refractivity contribution in [2.24, 2.45) is 0 Å². The van der Waals surface area contributed by atoms with Crippen LogP contribution in [0.4, 0.5) is 0 Å². The number of benzene rings is 1. The molecule has 0 amide bonds. The minimum atomic E-state index is 0.0222. The second-order valence-corrected chi connectivity index (χ2v) is 6.22. The van der Waals surface area contributed by atoms with Crippen LogP contribution in [0.5, 0.6) is 0 Å². The topological polar surface area (TPSA) is 51.0 Å². The van der Waals surface area contributed by atoms with Crippen molar-refractivity contribution in [3.8, 4) is 0 Å². The van der Waals surface area contributed by atoms with Gasteiger partial charge in [0.15, 0.2) is 5.82 Å². The van der Waals surface area contributed by atoms with E-state index in [0.29, 0.717) is 6.42 Å². The highest BCUT2D eigenvalue weighted by Crippen LogP contribution is 2.34. The van der Waals surface area contributed by atoms with Gasteiger partial charge in [0.25, 0.3) is 0 Å². The molecule has 1 aliphatic rings. The van der Waals surface area contributed by atoms with Crippen LogP contribution in [-0.2, 0) is 11.8 Å². The van der Waals surface area contributed by atoms with E-state index >= 15 is 0 Å². The zero-order valence-corrected chi connectivity index (χ0v) is 13.0. The lowest BCUT2D eigenvalue weighted by atomic mass is 9.82. The van der Waals surface area contributed by atoms with Crippen molar-refractivity contribution >= 4 is 11.6 Å². The minimum Gasteiger partial charge on any atom is -0.339 e. The summed E-state index contributed by atoms with van der Waals surface area (Å²) in [4.78, 5) is 4.65. The van der Waals surface area contributed by atoms with Gasteiger partial charge < -0.3 is 9.84 Å². The lowest BCUT2D eigenvalue weighted by molar-refractivity contribution is 0.276. The van der Waals surface area contributed by atoms with E-state index in [1.165, 1.54) is 0 Å². The molecule has 1 atom stereocenters. The third kappa shape index (κ3) is 3.11. The zero-order chi connectivity index (χ0) is 14.7. The average Bonchev–Trinajstić information content (AvgIpc) is 3.09. The van der Waals surface area contributed by atoms with E-state index in [1.54, 1.807) is 0 Å². The summed E-state index contributed by atoms with van der Waals surface area (Å²) < 4.78 is 5.57. The number of nitrogens with one attached hydrogen (secondary N) is 1. The molecule has 1 saturated heterocycles. The summed E-state index contributed by atoms with van der Waals surface area (Å²) in [5.74, 6) is 1.51. The molecular weight excluding hydrogens is 286 g/mol. The molecular formula is C16H20ClN3O. The van der Waals surface area contributed by atoms with E-state index in [0.717, 1.165) is 54.7 Å². The van der Waals surface area contributed by atoms with Crippen molar-refractivity contribution < 1.29 is 4.52 Å². The Bertz CT molecular complexity index is 605. The second-order valence-electron chi connectivity index (χ2n) is 5.78. The minimum absolute atomic E-state index is 0.0222. The van der Waals surface area contributed by atoms with Crippen LogP contribution in [0.25, 0.3) is 0 Å². The Kier molecular flexibility index (Phi) is 4.27. The summed E-state index contributed by atoms with van der Waals surface area (Å²) in [5, 5.41) is 8.31. The fourth-order valence-corrected chi connectivity index (χ4v) is 3.31. The number of nitrogens with zero attached hydrogens (tertiary/aromatic N) is 2. The van der Waals surface area contributed by atoms with Crippen LogP contribution in [-0.4, -0.2) is 23.2 Å². The quantitative estimate of drug-likeness (QED) is 0.920. The third-order valence-corrected chi connectivity index (χ3v) is 4.38. The molecule has 2 heterocycles. The van der Waals surface area contributed by atoms with Gasteiger partial charge in [0.1, 0.15) is 0 Å². The SMILES string of the molecule is CCCC1(c2nc(Cc3cccc(Cl)c3)no2)CCNC1. The van der Waals surface area contributed by atoms with Crippen LogP contribution in [0.3, 0.4) is 0 Å². The molecule has 0 saturated carbocycles. The van der Waals surface area contributed by atoms with Crippen LogP contribution >= 0.6 is 11.6 Å². The number of aromatic nitrogens is 2. The fraction of sp³-hybridized carbons (Fsp3) is 0.500. The number of hydrogen-bond acceptors (Lipinski definition) is 4. The monoisotopic (exact) mass is 305 g/mol. The predicted octanol–water partition coefficient (Wildman–Crippen LogP) is 3.35. The highest BCUT2D eigenvalue weighted by atomic mass is 35.5. The highest BCUT2D eigenvalue weighted by Gasteiger charge is 2.39. The van der Waals surface area contributed by atoms with Gasteiger partial charge in [-0.05, 0) is 37.1 Å². The Labute approximate surface area is 129 Å². The second kappa shape index (κ2) is 6.16. The van der Waals surface area contributed by atoms with Gasteiger partial charge in [-0.25, -0.2) is 0 Å². The molecule has 1 aromatic heterocycles. The van der Waals surface area contributed by atoms with Gasteiger partial charge in [-0.1, -0.05) is 42.2 Å². The number of halogens is 1. The van der Waals surface area contributed by atoms with Crippen LogP contribution in [0.1, 0.15) is 43.5 Å². The first-order chi connectivity index (χ1) is 10.2. The van der Waals surface area contributed by atoms with Gasteiger partial charge >= 0.3 is 0 Å². The van der Waals surface area contributed by atoms with E-state index in [1.807, 2.05) is 24.3 Å². The van der Waals surface area contributed by atoms with Gasteiger partial charge in [-0.3, -0.25) is 0 Å². The highest BCUT2D eigenvalue weighted by molar-refractivity contribution is 6.30. The molecule has 5 heteroatoms.